The van der Waals surface area contributed by atoms with Gasteiger partial charge in [0.1, 0.15) is 5.25 Å². The van der Waals surface area contributed by atoms with Gasteiger partial charge in [-0.1, -0.05) is 24.3 Å². The number of benzene rings is 2. The van der Waals surface area contributed by atoms with E-state index in [2.05, 4.69) is 40.2 Å². The fourth-order valence-corrected chi connectivity index (χ4v) is 5.37. The summed E-state index contributed by atoms with van der Waals surface area (Å²) in [6.07, 6.45) is 1.31. The number of thioether (sulfide) groups is 1. The van der Waals surface area contributed by atoms with E-state index in [1.54, 1.807) is 14.2 Å². The van der Waals surface area contributed by atoms with Crippen LogP contribution in [0, 0.1) is 11.3 Å². The molecule has 2 aromatic rings. The average molecular weight is 452 g/mol. The zero-order chi connectivity index (χ0) is 22.5. The minimum atomic E-state index is -0.504. The summed E-state index contributed by atoms with van der Waals surface area (Å²) in [4.78, 5) is 6.97. The van der Waals surface area contributed by atoms with Crippen LogP contribution in [0.4, 0.5) is 0 Å². The highest BCUT2D eigenvalue weighted by Crippen LogP contribution is 2.34. The molecule has 0 spiro atoms. The Balaban J connectivity index is 1.39. The summed E-state index contributed by atoms with van der Waals surface area (Å²) in [6.45, 7) is 3.06. The van der Waals surface area contributed by atoms with Crippen molar-refractivity contribution >= 4 is 17.5 Å². The molecule has 32 heavy (non-hydrogen) atoms. The molecule has 2 atom stereocenters. The third kappa shape index (κ3) is 4.93. The van der Waals surface area contributed by atoms with Crippen molar-refractivity contribution in [3.8, 4) is 17.6 Å². The van der Waals surface area contributed by atoms with Crippen molar-refractivity contribution in [2.45, 2.75) is 30.7 Å². The molecule has 0 saturated carbocycles. The van der Waals surface area contributed by atoms with Gasteiger partial charge in [0, 0.05) is 37.5 Å². The van der Waals surface area contributed by atoms with E-state index >= 15 is 0 Å². The van der Waals surface area contributed by atoms with Gasteiger partial charge in [0.2, 0.25) is 0 Å². The van der Waals surface area contributed by atoms with Crippen LogP contribution in [0.25, 0.3) is 0 Å². The molecule has 2 heterocycles. The van der Waals surface area contributed by atoms with Crippen molar-refractivity contribution in [2.24, 2.45) is 4.99 Å². The van der Waals surface area contributed by atoms with E-state index in [0.717, 1.165) is 42.8 Å². The zero-order valence-corrected chi connectivity index (χ0v) is 19.4. The summed E-state index contributed by atoms with van der Waals surface area (Å²) < 4.78 is 10.9. The van der Waals surface area contributed by atoms with Gasteiger partial charge in [-0.15, -0.1) is 11.8 Å². The van der Waals surface area contributed by atoms with E-state index in [-0.39, 0.29) is 0 Å². The van der Waals surface area contributed by atoms with Crippen LogP contribution in [-0.2, 0) is 19.4 Å². The van der Waals surface area contributed by atoms with Crippen LogP contribution in [-0.4, -0.2) is 66.7 Å². The molecule has 2 aliphatic rings. The number of aliphatic hydroxyl groups excluding tert-OH is 1. The summed E-state index contributed by atoms with van der Waals surface area (Å²) in [5.41, 5.74) is 5.55. The Labute approximate surface area is 193 Å². The minimum absolute atomic E-state index is 0.441. The molecule has 2 unspecified atom stereocenters. The number of ether oxygens (including phenoxy) is 2. The number of nitrogens with zero attached hydrogens (tertiary/aromatic N) is 3. The molecule has 0 fully saturated rings. The highest BCUT2D eigenvalue weighted by atomic mass is 32.2. The molecule has 6 nitrogen and oxygen atoms in total. The number of methoxy groups -OCH3 is 2. The Morgan fingerprint density at radius 2 is 1.88 bits per heavy atom. The first-order valence-electron chi connectivity index (χ1n) is 10.9. The SMILES string of the molecule is COc1cc2c(cc1OC)C(C(C#N)SCC(O)CN1CCc3ccccc3C1)=NCC2. The lowest BCUT2D eigenvalue weighted by Crippen LogP contribution is -2.38. The van der Waals surface area contributed by atoms with Crippen molar-refractivity contribution in [3.05, 3.63) is 58.7 Å². The maximum Gasteiger partial charge on any atom is 0.161 e. The first-order chi connectivity index (χ1) is 15.6. The highest BCUT2D eigenvalue weighted by molar-refractivity contribution is 8.00. The molecule has 0 saturated heterocycles. The van der Waals surface area contributed by atoms with Gasteiger partial charge in [-0.05, 0) is 41.7 Å². The maximum absolute atomic E-state index is 10.7. The van der Waals surface area contributed by atoms with Crippen LogP contribution in [0.3, 0.4) is 0 Å². The Morgan fingerprint density at radius 3 is 2.62 bits per heavy atom. The van der Waals surface area contributed by atoms with Crippen molar-refractivity contribution in [1.82, 2.24) is 4.90 Å². The second-order valence-corrected chi connectivity index (χ2v) is 9.27. The standard InChI is InChI=1S/C25H29N3O3S/c1-30-22-11-18-7-9-27-25(21(18)12-23(22)31-2)24(13-26)32-16-20(29)15-28-10-8-17-5-3-4-6-19(17)14-28/h3-6,11-12,20,24,29H,7-10,14-16H2,1-2H3. The lowest BCUT2D eigenvalue weighted by atomic mass is 9.95. The lowest BCUT2D eigenvalue weighted by molar-refractivity contribution is 0.122. The molecule has 168 valence electrons. The number of hydrogen-bond acceptors (Lipinski definition) is 7. The Bertz CT molecular complexity index is 1030. The second kappa shape index (κ2) is 10.4. The van der Waals surface area contributed by atoms with Gasteiger partial charge in [0.05, 0.1) is 32.1 Å². The molecule has 0 amide bonds. The molecule has 2 aliphatic heterocycles. The maximum atomic E-state index is 10.7. The molecule has 0 aromatic heterocycles. The van der Waals surface area contributed by atoms with Crippen molar-refractivity contribution in [1.29, 1.82) is 5.26 Å². The summed E-state index contributed by atoms with van der Waals surface area (Å²) in [7, 11) is 3.23. The minimum Gasteiger partial charge on any atom is -0.493 e. The Morgan fingerprint density at radius 1 is 1.12 bits per heavy atom. The number of rotatable bonds is 8. The van der Waals surface area contributed by atoms with Gasteiger partial charge in [0.25, 0.3) is 0 Å². The summed E-state index contributed by atoms with van der Waals surface area (Å²) in [6, 6.07) is 14.8. The van der Waals surface area contributed by atoms with Crippen LogP contribution < -0.4 is 9.47 Å². The predicted molar refractivity (Wildman–Crippen MR) is 128 cm³/mol. The third-order valence-corrected chi connectivity index (χ3v) is 7.29. The zero-order valence-electron chi connectivity index (χ0n) is 18.6. The first-order valence-corrected chi connectivity index (χ1v) is 12.0. The van der Waals surface area contributed by atoms with Gasteiger partial charge < -0.3 is 14.6 Å². The van der Waals surface area contributed by atoms with Crippen LogP contribution in [0.2, 0.25) is 0 Å². The number of aliphatic hydroxyl groups is 1. The monoisotopic (exact) mass is 451 g/mol. The van der Waals surface area contributed by atoms with Gasteiger partial charge in [0.15, 0.2) is 11.5 Å². The van der Waals surface area contributed by atoms with Gasteiger partial charge in [-0.2, -0.15) is 5.26 Å². The topological polar surface area (TPSA) is 78.1 Å². The van der Waals surface area contributed by atoms with E-state index in [1.165, 1.54) is 22.9 Å². The van der Waals surface area contributed by atoms with E-state index in [1.807, 2.05) is 12.1 Å². The molecular formula is C25H29N3O3S. The van der Waals surface area contributed by atoms with E-state index in [9.17, 15) is 10.4 Å². The number of aliphatic imine (C=N–C) groups is 1. The van der Waals surface area contributed by atoms with Crippen LogP contribution in [0.1, 0.15) is 22.3 Å². The number of β-amino-alcohol motifs (C(OH)–C–C–N with tert-alkyl or cyclic N) is 1. The third-order valence-electron chi connectivity index (χ3n) is 6.05. The highest BCUT2D eigenvalue weighted by Gasteiger charge is 2.26. The Hall–Kier alpha value is -2.53. The van der Waals surface area contributed by atoms with Gasteiger partial charge in [-0.3, -0.25) is 9.89 Å². The van der Waals surface area contributed by atoms with Crippen LogP contribution in [0.15, 0.2) is 41.4 Å². The van der Waals surface area contributed by atoms with Crippen molar-refractivity contribution in [3.63, 3.8) is 0 Å². The van der Waals surface area contributed by atoms with Crippen LogP contribution in [0.5, 0.6) is 11.5 Å². The molecule has 0 aliphatic carbocycles. The van der Waals surface area contributed by atoms with E-state index in [4.69, 9.17) is 9.47 Å². The summed E-state index contributed by atoms with van der Waals surface area (Å²) in [5, 5.41) is 20.1. The quantitative estimate of drug-likeness (QED) is 0.665. The predicted octanol–water partition coefficient (Wildman–Crippen LogP) is 3.09. The molecular weight excluding hydrogens is 422 g/mol. The number of nitriles is 1. The van der Waals surface area contributed by atoms with E-state index in [0.29, 0.717) is 30.3 Å². The molecule has 2 aromatic carbocycles. The summed E-state index contributed by atoms with van der Waals surface area (Å²) in [5.74, 6) is 1.80. The molecule has 4 rings (SSSR count). The fourth-order valence-electron chi connectivity index (χ4n) is 4.42. The average Bonchev–Trinajstić information content (AvgIpc) is 2.83. The molecule has 1 N–H and O–H groups in total. The normalized spacial score (nSPS) is 17.4. The van der Waals surface area contributed by atoms with E-state index < -0.39 is 11.4 Å². The summed E-state index contributed by atoms with van der Waals surface area (Å²) >= 11 is 1.46. The molecule has 7 heteroatoms. The number of fused-ring (bicyclic) bond motifs is 2. The smallest absolute Gasteiger partial charge is 0.161 e. The lowest BCUT2D eigenvalue weighted by Gasteiger charge is -2.30. The largest absolute Gasteiger partial charge is 0.493 e. The molecule has 0 radical (unpaired) electrons. The first kappa shape index (κ1) is 22.7. The second-order valence-electron chi connectivity index (χ2n) is 8.13. The Kier molecular flexibility index (Phi) is 7.36. The fraction of sp³-hybridized carbons (Fsp3) is 0.440. The van der Waals surface area contributed by atoms with Gasteiger partial charge in [-0.25, -0.2) is 0 Å². The number of hydrogen-bond donors (Lipinski definition) is 1. The van der Waals surface area contributed by atoms with Crippen molar-refractivity contribution < 1.29 is 14.6 Å². The van der Waals surface area contributed by atoms with Gasteiger partial charge >= 0.3 is 0 Å². The van der Waals surface area contributed by atoms with Crippen molar-refractivity contribution in [2.75, 3.05) is 39.6 Å². The van der Waals surface area contributed by atoms with Crippen LogP contribution >= 0.6 is 11.8 Å². The molecule has 0 bridgehead atoms.